The Hall–Kier alpha value is -4.28. The van der Waals surface area contributed by atoms with Crippen molar-refractivity contribution in [2.24, 2.45) is 0 Å². The molecule has 0 fully saturated rings. The van der Waals surface area contributed by atoms with Crippen LogP contribution in [-0.4, -0.2) is 25.5 Å². The predicted octanol–water partition coefficient (Wildman–Crippen LogP) is 5.84. The average molecular weight is 504 g/mol. The highest BCUT2D eigenvalue weighted by Crippen LogP contribution is 2.37. The van der Waals surface area contributed by atoms with Crippen molar-refractivity contribution in [3.05, 3.63) is 87.4 Å². The van der Waals surface area contributed by atoms with Crippen LogP contribution in [0.25, 0.3) is 6.08 Å². The van der Waals surface area contributed by atoms with Crippen LogP contribution in [0.15, 0.2) is 60.2 Å². The van der Waals surface area contributed by atoms with E-state index in [0.717, 1.165) is 16.7 Å². The third kappa shape index (κ3) is 6.87. The van der Waals surface area contributed by atoms with Crippen molar-refractivity contribution in [3.63, 3.8) is 0 Å². The molecular formula is C28H26ClN3O4. The average Bonchev–Trinajstić information content (AvgIpc) is 2.83. The number of nitrogens with one attached hydrogen (secondary N) is 2. The van der Waals surface area contributed by atoms with Gasteiger partial charge in [-0.15, -0.1) is 0 Å². The molecule has 0 atom stereocenters. The van der Waals surface area contributed by atoms with Gasteiger partial charge < -0.3 is 20.1 Å². The number of anilines is 2. The smallest absolute Gasteiger partial charge is 0.266 e. The summed E-state index contributed by atoms with van der Waals surface area (Å²) in [6.45, 7) is 5.47. The molecule has 0 aromatic heterocycles. The third-order valence-corrected chi connectivity index (χ3v) is 5.49. The molecule has 0 saturated carbocycles. The van der Waals surface area contributed by atoms with Crippen LogP contribution in [0.2, 0.25) is 5.02 Å². The first-order valence-electron chi connectivity index (χ1n) is 11.1. The standard InChI is InChI=1S/C28H26ClN3O4/c1-17-6-5-7-22(11-17)31-26(33)16-36-27-23(29)13-20(14-25(27)35-4)12-21(15-30)28(34)32-24-9-8-18(2)10-19(24)3/h5-14H,16H2,1-4H3,(H,31,33)(H,32,34)/b21-12+. The molecule has 3 rings (SSSR count). The Morgan fingerprint density at radius 3 is 2.44 bits per heavy atom. The Morgan fingerprint density at radius 1 is 1.03 bits per heavy atom. The van der Waals surface area contributed by atoms with E-state index in [1.807, 2.05) is 57.2 Å². The van der Waals surface area contributed by atoms with E-state index in [1.54, 1.807) is 18.2 Å². The second kappa shape index (κ2) is 11.9. The molecule has 2 N–H and O–H groups in total. The maximum atomic E-state index is 12.7. The lowest BCUT2D eigenvalue weighted by atomic mass is 10.1. The fourth-order valence-corrected chi connectivity index (χ4v) is 3.75. The summed E-state index contributed by atoms with van der Waals surface area (Å²) in [5.74, 6) is -0.483. The van der Waals surface area contributed by atoms with Crippen LogP contribution in [0.4, 0.5) is 11.4 Å². The van der Waals surface area contributed by atoms with E-state index in [9.17, 15) is 14.9 Å². The number of ether oxygens (including phenoxy) is 2. The summed E-state index contributed by atoms with van der Waals surface area (Å²) in [5, 5.41) is 15.2. The van der Waals surface area contributed by atoms with Gasteiger partial charge in [0.05, 0.1) is 12.1 Å². The fraction of sp³-hybridized carbons (Fsp3) is 0.179. The number of methoxy groups -OCH3 is 1. The number of benzene rings is 3. The highest BCUT2D eigenvalue weighted by Gasteiger charge is 2.16. The lowest BCUT2D eigenvalue weighted by Crippen LogP contribution is -2.20. The van der Waals surface area contributed by atoms with E-state index in [2.05, 4.69) is 10.6 Å². The molecule has 0 aliphatic heterocycles. The minimum absolute atomic E-state index is 0.112. The summed E-state index contributed by atoms with van der Waals surface area (Å²) < 4.78 is 11.0. The van der Waals surface area contributed by atoms with Crippen molar-refractivity contribution < 1.29 is 19.1 Å². The van der Waals surface area contributed by atoms with Gasteiger partial charge in [0.15, 0.2) is 18.1 Å². The van der Waals surface area contributed by atoms with Crippen LogP contribution in [0.5, 0.6) is 11.5 Å². The van der Waals surface area contributed by atoms with Gasteiger partial charge in [-0.3, -0.25) is 9.59 Å². The molecule has 0 radical (unpaired) electrons. The minimum atomic E-state index is -0.548. The van der Waals surface area contributed by atoms with E-state index >= 15 is 0 Å². The molecule has 0 aliphatic carbocycles. The lowest BCUT2D eigenvalue weighted by Gasteiger charge is -2.14. The molecule has 3 aromatic carbocycles. The number of amides is 2. The zero-order chi connectivity index (χ0) is 26.2. The van der Waals surface area contributed by atoms with Gasteiger partial charge in [0.1, 0.15) is 11.6 Å². The van der Waals surface area contributed by atoms with Crippen molar-refractivity contribution in [1.82, 2.24) is 0 Å². The molecule has 0 heterocycles. The number of aryl methyl sites for hydroxylation is 3. The first kappa shape index (κ1) is 26.3. The fourth-order valence-electron chi connectivity index (χ4n) is 3.48. The normalized spacial score (nSPS) is 10.8. The third-order valence-electron chi connectivity index (χ3n) is 5.21. The highest BCUT2D eigenvalue weighted by atomic mass is 35.5. The molecular weight excluding hydrogens is 478 g/mol. The molecule has 8 heteroatoms. The molecule has 0 unspecified atom stereocenters. The van der Waals surface area contributed by atoms with Crippen molar-refractivity contribution in [3.8, 4) is 17.6 Å². The summed E-state index contributed by atoms with van der Waals surface area (Å²) in [4.78, 5) is 25.0. The van der Waals surface area contributed by atoms with Crippen LogP contribution in [-0.2, 0) is 9.59 Å². The highest BCUT2D eigenvalue weighted by molar-refractivity contribution is 6.32. The number of carbonyl (C=O) groups excluding carboxylic acids is 2. The number of carbonyl (C=O) groups is 2. The number of hydrogen-bond acceptors (Lipinski definition) is 5. The number of halogens is 1. The van der Waals surface area contributed by atoms with Crippen LogP contribution in [0.3, 0.4) is 0 Å². The van der Waals surface area contributed by atoms with Gasteiger partial charge in [0.2, 0.25) is 0 Å². The first-order valence-corrected chi connectivity index (χ1v) is 11.4. The zero-order valence-corrected chi connectivity index (χ0v) is 21.2. The second-order valence-corrected chi connectivity index (χ2v) is 8.59. The van der Waals surface area contributed by atoms with Crippen molar-refractivity contribution in [2.45, 2.75) is 20.8 Å². The summed E-state index contributed by atoms with van der Waals surface area (Å²) in [5.41, 5.74) is 4.60. The van der Waals surface area contributed by atoms with Crippen molar-refractivity contribution in [2.75, 3.05) is 24.4 Å². The minimum Gasteiger partial charge on any atom is -0.493 e. The Morgan fingerprint density at radius 2 is 1.78 bits per heavy atom. The number of nitriles is 1. The van der Waals surface area contributed by atoms with Gasteiger partial charge in [0, 0.05) is 11.4 Å². The number of nitrogens with zero attached hydrogens (tertiary/aromatic N) is 1. The SMILES string of the molecule is COc1cc(/C=C(\C#N)C(=O)Nc2ccc(C)cc2C)cc(Cl)c1OCC(=O)Nc1cccc(C)c1. The second-order valence-electron chi connectivity index (χ2n) is 8.18. The lowest BCUT2D eigenvalue weighted by molar-refractivity contribution is -0.118. The maximum Gasteiger partial charge on any atom is 0.266 e. The monoisotopic (exact) mass is 503 g/mol. The quantitative estimate of drug-likeness (QED) is 0.297. The summed E-state index contributed by atoms with van der Waals surface area (Å²) in [6.07, 6.45) is 1.40. The van der Waals surface area contributed by atoms with E-state index in [-0.39, 0.29) is 34.6 Å². The Labute approximate surface area is 215 Å². The maximum absolute atomic E-state index is 12.7. The first-order chi connectivity index (χ1) is 17.2. The van der Waals surface area contributed by atoms with Gasteiger partial charge in [-0.1, -0.05) is 41.4 Å². The number of hydrogen-bond donors (Lipinski definition) is 2. The summed E-state index contributed by atoms with van der Waals surface area (Å²) in [7, 11) is 1.43. The van der Waals surface area contributed by atoms with Crippen LogP contribution in [0.1, 0.15) is 22.3 Å². The zero-order valence-electron chi connectivity index (χ0n) is 20.4. The molecule has 3 aromatic rings. The van der Waals surface area contributed by atoms with Crippen LogP contribution < -0.4 is 20.1 Å². The van der Waals surface area contributed by atoms with Crippen molar-refractivity contribution in [1.29, 1.82) is 5.26 Å². The molecule has 0 saturated heterocycles. The molecule has 7 nitrogen and oxygen atoms in total. The van der Waals surface area contributed by atoms with Gasteiger partial charge >= 0.3 is 0 Å². The Kier molecular flexibility index (Phi) is 8.71. The van der Waals surface area contributed by atoms with E-state index in [4.69, 9.17) is 21.1 Å². The van der Waals surface area contributed by atoms with Gasteiger partial charge in [-0.2, -0.15) is 5.26 Å². The van der Waals surface area contributed by atoms with Gasteiger partial charge in [-0.05, 0) is 73.9 Å². The van der Waals surface area contributed by atoms with E-state index in [1.165, 1.54) is 19.3 Å². The molecule has 0 spiro atoms. The molecule has 36 heavy (non-hydrogen) atoms. The Balaban J connectivity index is 1.75. The molecule has 2 amide bonds. The molecule has 0 aliphatic rings. The molecule has 184 valence electrons. The summed E-state index contributed by atoms with van der Waals surface area (Å²) in [6, 6.07) is 18.0. The van der Waals surface area contributed by atoms with Crippen molar-refractivity contribution >= 4 is 40.9 Å². The van der Waals surface area contributed by atoms with E-state index < -0.39 is 5.91 Å². The Bertz CT molecular complexity index is 1380. The predicted molar refractivity (Wildman–Crippen MR) is 141 cm³/mol. The van der Waals surface area contributed by atoms with Crippen LogP contribution in [0, 0.1) is 32.1 Å². The summed E-state index contributed by atoms with van der Waals surface area (Å²) >= 11 is 6.40. The topological polar surface area (TPSA) is 100 Å². The van der Waals surface area contributed by atoms with E-state index in [0.29, 0.717) is 16.9 Å². The largest absolute Gasteiger partial charge is 0.493 e. The van der Waals surface area contributed by atoms with Gasteiger partial charge in [-0.25, -0.2) is 0 Å². The molecule has 0 bridgehead atoms. The number of rotatable bonds is 8. The van der Waals surface area contributed by atoms with Gasteiger partial charge in [0.25, 0.3) is 11.8 Å². The van der Waals surface area contributed by atoms with Crippen LogP contribution >= 0.6 is 11.6 Å².